The summed E-state index contributed by atoms with van der Waals surface area (Å²) in [6.07, 6.45) is 27.7. The van der Waals surface area contributed by atoms with E-state index in [0.717, 1.165) is 193 Å². The molecule has 6 rings (SSSR count). The number of carboxylic acid groups (broad SMARTS) is 4. The SMILES string of the molecule is Cc1cc(CCCCC2(C(=O)O)CC2)c(C)c(CCc2cc(CCCCCCC3(C(=O)O)CC3)c(C)c(C)c2CCCCC2(C(=O)O)CC2)c1CCCCCCC1(C(=O)O)CC1. The van der Waals surface area contributed by atoms with Gasteiger partial charge in [0, 0.05) is 0 Å². The number of benzene rings is 2. The molecule has 0 unspecified atom stereocenters. The van der Waals surface area contributed by atoms with E-state index in [1.165, 1.54) is 55.6 Å². The van der Waals surface area contributed by atoms with Crippen LogP contribution in [0.1, 0.15) is 210 Å². The third kappa shape index (κ3) is 11.7. The Morgan fingerprint density at radius 3 is 1.16 bits per heavy atom. The molecule has 0 amide bonds. The molecule has 0 atom stereocenters. The first-order valence-corrected chi connectivity index (χ1v) is 24.7. The average molecular weight is 855 g/mol. The molecule has 0 spiro atoms. The first kappa shape index (κ1) is 47.8. The van der Waals surface area contributed by atoms with Crippen molar-refractivity contribution in [3.05, 3.63) is 67.8 Å². The molecule has 2 aromatic rings. The van der Waals surface area contributed by atoms with Crippen LogP contribution in [-0.4, -0.2) is 44.3 Å². The predicted molar refractivity (Wildman–Crippen MR) is 245 cm³/mol. The quantitative estimate of drug-likeness (QED) is 0.0548. The summed E-state index contributed by atoms with van der Waals surface area (Å²) in [5.74, 6) is -2.51. The van der Waals surface area contributed by atoms with E-state index in [1.807, 2.05) is 0 Å². The minimum Gasteiger partial charge on any atom is -0.481 e. The molecular weight excluding hydrogens is 777 g/mol. The van der Waals surface area contributed by atoms with Crippen molar-refractivity contribution in [3.63, 3.8) is 0 Å². The fourth-order valence-electron chi connectivity index (χ4n) is 10.9. The number of carbonyl (C=O) groups is 4. The van der Waals surface area contributed by atoms with E-state index in [2.05, 4.69) is 39.8 Å². The number of aryl methyl sites for hydroxylation is 4. The largest absolute Gasteiger partial charge is 0.481 e. The monoisotopic (exact) mass is 855 g/mol. The van der Waals surface area contributed by atoms with Crippen molar-refractivity contribution in [2.45, 2.75) is 220 Å². The van der Waals surface area contributed by atoms with Crippen LogP contribution in [0, 0.1) is 49.4 Å². The lowest BCUT2D eigenvalue weighted by Crippen LogP contribution is -2.14. The summed E-state index contributed by atoms with van der Waals surface area (Å²) in [7, 11) is 0. The zero-order valence-electron chi connectivity index (χ0n) is 38.8. The molecule has 0 bridgehead atoms. The zero-order chi connectivity index (χ0) is 44.7. The van der Waals surface area contributed by atoms with Gasteiger partial charge < -0.3 is 20.4 Å². The Labute approximate surface area is 372 Å². The maximum atomic E-state index is 11.9. The van der Waals surface area contributed by atoms with E-state index in [9.17, 15) is 39.6 Å². The minimum absolute atomic E-state index is 0.439. The van der Waals surface area contributed by atoms with Crippen LogP contribution in [0.2, 0.25) is 0 Å². The van der Waals surface area contributed by atoms with Crippen LogP contribution in [-0.2, 0) is 57.7 Å². The molecule has 62 heavy (non-hydrogen) atoms. The third-order valence-electron chi connectivity index (χ3n) is 16.6. The first-order chi connectivity index (χ1) is 29.6. The van der Waals surface area contributed by atoms with Crippen molar-refractivity contribution in [3.8, 4) is 0 Å². The Balaban J connectivity index is 1.17. The molecule has 4 fully saturated rings. The molecular formula is C54H78O8. The molecule has 4 N–H and O–H groups in total. The maximum absolute atomic E-state index is 11.9. The molecule has 0 aliphatic heterocycles. The molecule has 2 aromatic carbocycles. The average Bonchev–Trinajstić information content (AvgIpc) is 4.04. The summed E-state index contributed by atoms with van der Waals surface area (Å²) >= 11 is 0. The summed E-state index contributed by atoms with van der Waals surface area (Å²) < 4.78 is 0. The van der Waals surface area contributed by atoms with Crippen LogP contribution in [0.3, 0.4) is 0 Å². The van der Waals surface area contributed by atoms with Crippen LogP contribution < -0.4 is 0 Å². The van der Waals surface area contributed by atoms with Gasteiger partial charge in [-0.15, -0.1) is 0 Å². The van der Waals surface area contributed by atoms with Gasteiger partial charge in [0.2, 0.25) is 0 Å². The molecule has 0 radical (unpaired) electrons. The molecule has 4 aliphatic rings. The molecule has 4 aliphatic carbocycles. The Morgan fingerprint density at radius 1 is 0.371 bits per heavy atom. The van der Waals surface area contributed by atoms with Crippen LogP contribution in [0.5, 0.6) is 0 Å². The summed E-state index contributed by atoms with van der Waals surface area (Å²) in [5, 5.41) is 38.8. The van der Waals surface area contributed by atoms with Gasteiger partial charge in [-0.3, -0.25) is 19.2 Å². The molecule has 0 saturated heterocycles. The fraction of sp³-hybridized carbons (Fsp3) is 0.704. The number of unbranched alkanes of at least 4 members (excludes halogenated alkanes) is 8. The van der Waals surface area contributed by atoms with Crippen molar-refractivity contribution in [2.75, 3.05) is 0 Å². The Morgan fingerprint density at radius 2 is 0.726 bits per heavy atom. The van der Waals surface area contributed by atoms with Gasteiger partial charge in [-0.1, -0.05) is 63.5 Å². The predicted octanol–water partition coefficient (Wildman–Crippen LogP) is 12.6. The van der Waals surface area contributed by atoms with Crippen LogP contribution >= 0.6 is 0 Å². The van der Waals surface area contributed by atoms with Gasteiger partial charge in [-0.2, -0.15) is 0 Å². The van der Waals surface area contributed by atoms with E-state index >= 15 is 0 Å². The van der Waals surface area contributed by atoms with Crippen LogP contribution in [0.4, 0.5) is 0 Å². The molecule has 8 heteroatoms. The lowest BCUT2D eigenvalue weighted by molar-refractivity contribution is -0.144. The Hall–Kier alpha value is -3.68. The topological polar surface area (TPSA) is 149 Å². The van der Waals surface area contributed by atoms with Crippen LogP contribution in [0.25, 0.3) is 0 Å². The molecule has 8 nitrogen and oxygen atoms in total. The number of hydrogen-bond donors (Lipinski definition) is 4. The Bertz CT molecular complexity index is 1940. The number of rotatable bonds is 31. The van der Waals surface area contributed by atoms with Crippen molar-refractivity contribution in [1.82, 2.24) is 0 Å². The highest BCUT2D eigenvalue weighted by Crippen LogP contribution is 2.52. The second kappa shape index (κ2) is 20.4. The standard InChI is InChI=1S/C54H78O8/c1-37-35-41(18-11-15-25-53(31-32-53)49(59)60)40(4)46(44(37)19-10-6-8-14-24-52(29-30-52)48(57)58)22-21-43-36-42(17-9-5-7-13-23-51(27-28-51)47(55)56)38(2)39(3)45(43)20-12-16-26-54(33-34-54)50(61)62/h35-36H,5-34H2,1-4H3,(H,55,56)(H,57,58)(H,59,60)(H,61,62). The zero-order valence-corrected chi connectivity index (χ0v) is 38.8. The van der Waals surface area contributed by atoms with Crippen molar-refractivity contribution in [1.29, 1.82) is 0 Å². The second-order valence-corrected chi connectivity index (χ2v) is 20.9. The summed E-state index contributed by atoms with van der Waals surface area (Å²) in [5.41, 5.74) is 12.2. The summed E-state index contributed by atoms with van der Waals surface area (Å²) in [6, 6.07) is 4.89. The van der Waals surface area contributed by atoms with Gasteiger partial charge in [0.25, 0.3) is 0 Å². The van der Waals surface area contributed by atoms with Crippen LogP contribution in [0.15, 0.2) is 12.1 Å². The molecule has 0 heterocycles. The van der Waals surface area contributed by atoms with Crippen molar-refractivity contribution in [2.24, 2.45) is 21.7 Å². The smallest absolute Gasteiger partial charge is 0.309 e. The number of aliphatic carboxylic acids is 4. The summed E-state index contributed by atoms with van der Waals surface area (Å²) in [6.45, 7) is 9.13. The van der Waals surface area contributed by atoms with E-state index in [-0.39, 0.29) is 0 Å². The highest BCUT2D eigenvalue weighted by Gasteiger charge is 2.51. The van der Waals surface area contributed by atoms with E-state index in [0.29, 0.717) is 0 Å². The van der Waals surface area contributed by atoms with Gasteiger partial charge in [0.15, 0.2) is 0 Å². The molecule has 4 saturated carbocycles. The van der Waals surface area contributed by atoms with Gasteiger partial charge >= 0.3 is 23.9 Å². The second-order valence-electron chi connectivity index (χ2n) is 20.9. The minimum atomic E-state index is -0.635. The maximum Gasteiger partial charge on any atom is 0.309 e. The van der Waals surface area contributed by atoms with E-state index in [1.54, 1.807) is 0 Å². The highest BCUT2D eigenvalue weighted by molar-refractivity contribution is 5.79. The number of hydrogen-bond acceptors (Lipinski definition) is 4. The van der Waals surface area contributed by atoms with Gasteiger partial charge in [0.05, 0.1) is 21.7 Å². The lowest BCUT2D eigenvalue weighted by atomic mass is 9.83. The van der Waals surface area contributed by atoms with E-state index in [4.69, 9.17) is 0 Å². The van der Waals surface area contributed by atoms with E-state index < -0.39 is 45.5 Å². The lowest BCUT2D eigenvalue weighted by Gasteiger charge is -2.23. The normalized spacial score (nSPS) is 18.3. The Kier molecular flexibility index (Phi) is 15.8. The summed E-state index contributed by atoms with van der Waals surface area (Å²) in [4.78, 5) is 47.1. The van der Waals surface area contributed by atoms with Gasteiger partial charge in [0.1, 0.15) is 0 Å². The van der Waals surface area contributed by atoms with Gasteiger partial charge in [-0.05, 0) is 225 Å². The third-order valence-corrected chi connectivity index (χ3v) is 16.6. The molecule has 342 valence electrons. The highest BCUT2D eigenvalue weighted by atomic mass is 16.4. The molecule has 0 aromatic heterocycles. The van der Waals surface area contributed by atoms with Gasteiger partial charge in [-0.25, -0.2) is 0 Å². The number of carboxylic acids is 4. The first-order valence-electron chi connectivity index (χ1n) is 24.7. The fourth-order valence-corrected chi connectivity index (χ4v) is 10.9. The van der Waals surface area contributed by atoms with Crippen molar-refractivity contribution < 1.29 is 39.6 Å². The van der Waals surface area contributed by atoms with Crippen molar-refractivity contribution >= 4 is 23.9 Å².